The van der Waals surface area contributed by atoms with Crippen LogP contribution in [0.5, 0.6) is 0 Å². The van der Waals surface area contributed by atoms with Crippen LogP contribution in [0.2, 0.25) is 0 Å². The van der Waals surface area contributed by atoms with E-state index in [1.54, 1.807) is 39.8 Å². The maximum Gasteiger partial charge on any atom is 0.142 e. The van der Waals surface area contributed by atoms with Gasteiger partial charge in [-0.25, -0.2) is 26.3 Å². The SMILES string of the molecule is Cc1cc(F)c(C)c(F)c1.Cc1cc(F)c(C)c(F)c1S.Cc1ccc(C)c(F)c1.Cc1ccc(C)c(S)c1.Cc1ccc(C)c(S)c1F.Cc1ccc(C)s1. The molecule has 56 heavy (non-hydrogen) atoms. The average molecular weight is 847 g/mol. The van der Waals surface area contributed by atoms with E-state index in [9.17, 15) is 26.3 Å². The summed E-state index contributed by atoms with van der Waals surface area (Å²) in [6.45, 7) is 21.7. The van der Waals surface area contributed by atoms with Crippen LogP contribution in [-0.2, 0) is 0 Å². The van der Waals surface area contributed by atoms with E-state index in [0.717, 1.165) is 16.0 Å². The van der Waals surface area contributed by atoms with Crippen molar-refractivity contribution in [1.29, 1.82) is 0 Å². The minimum absolute atomic E-state index is 0.0283. The summed E-state index contributed by atoms with van der Waals surface area (Å²) in [5, 5.41) is 0. The van der Waals surface area contributed by atoms with Gasteiger partial charge in [-0.1, -0.05) is 42.0 Å². The van der Waals surface area contributed by atoms with Gasteiger partial charge in [-0.15, -0.1) is 49.2 Å². The third kappa shape index (κ3) is 17.3. The van der Waals surface area contributed by atoms with Crippen molar-refractivity contribution in [3.8, 4) is 0 Å². The Morgan fingerprint density at radius 1 is 0.357 bits per heavy atom. The highest BCUT2D eigenvalue weighted by atomic mass is 32.1. The molecule has 0 saturated carbocycles. The lowest BCUT2D eigenvalue weighted by atomic mass is 10.1. The Hall–Kier alpha value is -3.57. The Morgan fingerprint density at radius 2 is 0.768 bits per heavy atom. The first-order valence-corrected chi connectivity index (χ1v) is 19.7. The molecule has 302 valence electrons. The topological polar surface area (TPSA) is 0 Å². The van der Waals surface area contributed by atoms with Crippen LogP contribution in [0.3, 0.4) is 0 Å². The molecule has 0 nitrogen and oxygen atoms in total. The van der Waals surface area contributed by atoms with E-state index >= 15 is 0 Å². The minimum atomic E-state index is -0.564. The molecule has 0 saturated heterocycles. The van der Waals surface area contributed by atoms with Gasteiger partial charge in [0, 0.05) is 35.6 Å². The van der Waals surface area contributed by atoms with Gasteiger partial charge in [-0.05, 0) is 164 Å². The molecule has 1 aromatic heterocycles. The molecule has 0 aliphatic carbocycles. The van der Waals surface area contributed by atoms with Crippen LogP contribution < -0.4 is 0 Å². The molecule has 1 heterocycles. The Bertz CT molecular complexity index is 2050. The summed E-state index contributed by atoms with van der Waals surface area (Å²) >= 11 is 14.0. The molecule has 0 spiro atoms. The number of hydrogen-bond acceptors (Lipinski definition) is 4. The fourth-order valence-electron chi connectivity index (χ4n) is 4.33. The third-order valence-electron chi connectivity index (χ3n) is 8.12. The van der Waals surface area contributed by atoms with Gasteiger partial charge < -0.3 is 0 Å². The van der Waals surface area contributed by atoms with Gasteiger partial charge >= 0.3 is 0 Å². The molecule has 0 fully saturated rings. The Kier molecular flexibility index (Phi) is 21.9. The Labute approximate surface area is 350 Å². The van der Waals surface area contributed by atoms with Gasteiger partial charge in [0.1, 0.15) is 34.9 Å². The van der Waals surface area contributed by atoms with Gasteiger partial charge in [0.25, 0.3) is 0 Å². The zero-order valence-corrected chi connectivity index (χ0v) is 37.5. The van der Waals surface area contributed by atoms with Crippen LogP contribution in [0, 0.1) is 118 Å². The fourth-order valence-corrected chi connectivity index (χ4v) is 5.87. The predicted octanol–water partition coefficient (Wildman–Crippen LogP) is 15.6. The number of hydrogen-bond donors (Lipinski definition) is 3. The van der Waals surface area contributed by atoms with Crippen molar-refractivity contribution >= 4 is 49.2 Å². The first-order chi connectivity index (χ1) is 26.0. The monoisotopic (exact) mass is 846 g/mol. The quantitative estimate of drug-likeness (QED) is 0.0984. The number of benzene rings is 5. The van der Waals surface area contributed by atoms with E-state index in [2.05, 4.69) is 95.9 Å². The standard InChI is InChI=1S/C8H8F2S.C8H8F2.C8H9FS.C8H9F.C8H10S.C6H8S/c1-4-3-6(9)5(2)7(10)8(4)11;1-5-3-7(9)6(2)8(10)4-5;1-5-3-4-6(2)8(10)7(5)9;2*1-6-3-4-7(2)8(9)5-6;1-5-3-4-6(2)7-5/h3,11H,1-2H3;3-4H,1-2H3;3-4,10H,1-2H3;3-5H,1-2H3;3-5,9H,1-2H3;3-4H,1-2H3. The second-order valence-electron chi connectivity index (χ2n) is 13.4. The van der Waals surface area contributed by atoms with Crippen molar-refractivity contribution in [3.63, 3.8) is 0 Å². The number of aryl methyl sites for hydroxylation is 10. The molecule has 10 heteroatoms. The summed E-state index contributed by atoms with van der Waals surface area (Å²) in [6.07, 6.45) is 0. The molecule has 0 unspecified atom stereocenters. The summed E-state index contributed by atoms with van der Waals surface area (Å²) in [5.74, 6) is -2.35. The van der Waals surface area contributed by atoms with Crippen molar-refractivity contribution in [3.05, 3.63) is 179 Å². The molecular weight excluding hydrogens is 795 g/mol. The van der Waals surface area contributed by atoms with E-state index in [1.807, 2.05) is 37.3 Å². The molecular formula is C46H52F6S4. The van der Waals surface area contributed by atoms with Crippen molar-refractivity contribution in [2.24, 2.45) is 0 Å². The molecule has 0 bridgehead atoms. The molecule has 0 atom stereocenters. The maximum absolute atomic E-state index is 12.9. The van der Waals surface area contributed by atoms with Gasteiger partial charge in [0.05, 0.1) is 0 Å². The summed E-state index contributed by atoms with van der Waals surface area (Å²) < 4.78 is 76.4. The highest BCUT2D eigenvalue weighted by molar-refractivity contribution is 7.80. The smallest absolute Gasteiger partial charge is 0.142 e. The zero-order valence-electron chi connectivity index (χ0n) is 34.0. The lowest BCUT2D eigenvalue weighted by molar-refractivity contribution is 0.548. The molecule has 0 amide bonds. The Morgan fingerprint density at radius 3 is 1.18 bits per heavy atom. The van der Waals surface area contributed by atoms with E-state index in [1.165, 1.54) is 59.0 Å². The van der Waals surface area contributed by atoms with Crippen molar-refractivity contribution in [2.75, 3.05) is 0 Å². The van der Waals surface area contributed by atoms with Gasteiger partial charge in [-0.2, -0.15) is 0 Å². The highest BCUT2D eigenvalue weighted by Gasteiger charge is 2.10. The number of thiophene rings is 1. The summed E-state index contributed by atoms with van der Waals surface area (Å²) in [5.41, 5.74) is 6.97. The van der Waals surface area contributed by atoms with E-state index in [4.69, 9.17) is 0 Å². The van der Waals surface area contributed by atoms with Crippen LogP contribution in [0.25, 0.3) is 0 Å². The zero-order chi connectivity index (χ0) is 43.0. The van der Waals surface area contributed by atoms with Crippen LogP contribution >= 0.6 is 49.2 Å². The Balaban J connectivity index is 0.000000337. The summed E-state index contributed by atoms with van der Waals surface area (Å²) in [4.78, 5) is 4.56. The largest absolute Gasteiger partial charge is 0.207 e. The van der Waals surface area contributed by atoms with E-state index in [0.29, 0.717) is 27.1 Å². The highest BCUT2D eigenvalue weighted by Crippen LogP contribution is 2.23. The van der Waals surface area contributed by atoms with Crippen LogP contribution in [0.4, 0.5) is 26.3 Å². The van der Waals surface area contributed by atoms with Gasteiger partial charge in [0.15, 0.2) is 0 Å². The van der Waals surface area contributed by atoms with Crippen LogP contribution in [-0.4, -0.2) is 0 Å². The molecule has 0 aliphatic rings. The molecule has 5 aromatic carbocycles. The van der Waals surface area contributed by atoms with Gasteiger partial charge in [-0.3, -0.25) is 0 Å². The first-order valence-electron chi connectivity index (χ1n) is 17.5. The van der Waals surface area contributed by atoms with Crippen molar-refractivity contribution in [2.45, 2.75) is 97.8 Å². The number of rotatable bonds is 0. The lowest BCUT2D eigenvalue weighted by Crippen LogP contribution is -1.92. The second-order valence-corrected chi connectivity index (χ2v) is 16.2. The van der Waals surface area contributed by atoms with Crippen LogP contribution in [0.1, 0.15) is 65.4 Å². The lowest BCUT2D eigenvalue weighted by Gasteiger charge is -2.04. The normalized spacial score (nSPS) is 9.88. The van der Waals surface area contributed by atoms with Gasteiger partial charge in [0.2, 0.25) is 0 Å². The van der Waals surface area contributed by atoms with Crippen LogP contribution in [0.15, 0.2) is 93.5 Å². The maximum atomic E-state index is 12.9. The average Bonchev–Trinajstić information content (AvgIpc) is 3.52. The van der Waals surface area contributed by atoms with Crippen molar-refractivity contribution in [1.82, 2.24) is 0 Å². The third-order valence-corrected chi connectivity index (χ3v) is 10.6. The molecule has 6 aromatic rings. The van der Waals surface area contributed by atoms with Crippen molar-refractivity contribution < 1.29 is 26.3 Å². The molecule has 0 N–H and O–H groups in total. The molecule has 0 radical (unpaired) electrons. The number of thiol groups is 3. The van der Waals surface area contributed by atoms with E-state index in [-0.39, 0.29) is 27.7 Å². The van der Waals surface area contributed by atoms with E-state index < -0.39 is 23.3 Å². The predicted molar refractivity (Wildman–Crippen MR) is 235 cm³/mol. The fraction of sp³-hybridized carbons (Fsp3) is 0.261. The number of halogens is 6. The molecule has 6 rings (SSSR count). The summed E-state index contributed by atoms with van der Waals surface area (Å²) in [7, 11) is 0. The second kappa shape index (κ2) is 24.3. The minimum Gasteiger partial charge on any atom is -0.207 e. The first kappa shape index (κ1) is 50.4. The molecule has 0 aliphatic heterocycles. The summed E-state index contributed by atoms with van der Waals surface area (Å²) in [6, 6.07) is 23.3.